The van der Waals surface area contributed by atoms with Gasteiger partial charge < -0.3 is 0 Å². The van der Waals surface area contributed by atoms with Gasteiger partial charge in [0.2, 0.25) is 0 Å². The number of benzene rings is 1. The summed E-state index contributed by atoms with van der Waals surface area (Å²) in [6, 6.07) is 9.47. The molecule has 0 unspecified atom stereocenters. The molecule has 1 aromatic carbocycles. The van der Waals surface area contributed by atoms with E-state index >= 15 is 0 Å². The van der Waals surface area contributed by atoms with Gasteiger partial charge in [-0.15, -0.1) is 0 Å². The van der Waals surface area contributed by atoms with Crippen LogP contribution in [-0.4, -0.2) is 32.0 Å². The summed E-state index contributed by atoms with van der Waals surface area (Å²) in [6.45, 7) is 4.28. The van der Waals surface area contributed by atoms with Gasteiger partial charge in [-0.2, -0.15) is 0 Å². The first-order valence-electron chi connectivity index (χ1n) is 6.83. The van der Waals surface area contributed by atoms with Crippen LogP contribution in [0.1, 0.15) is 25.8 Å². The van der Waals surface area contributed by atoms with E-state index in [9.17, 15) is 9.59 Å². The summed E-state index contributed by atoms with van der Waals surface area (Å²) in [5.41, 5.74) is 0.925. The van der Waals surface area contributed by atoms with Gasteiger partial charge in [0.1, 0.15) is 0 Å². The Balaban J connectivity index is 2.45. The van der Waals surface area contributed by atoms with Crippen LogP contribution >= 0.6 is 0 Å². The third-order valence-corrected chi connectivity index (χ3v) is 3.71. The molecule has 2 amide bonds. The van der Waals surface area contributed by atoms with E-state index in [4.69, 9.17) is 4.74 Å². The number of ether oxygens (including phenoxy) is 1. The first-order valence-corrected chi connectivity index (χ1v) is 9.40. The number of rotatable bonds is 7. The zero-order chi connectivity index (χ0) is 15.7. The molecule has 6 heteroatoms. The maximum atomic E-state index is 11.8. The van der Waals surface area contributed by atoms with Gasteiger partial charge in [0.15, 0.2) is 0 Å². The topological polar surface area (TPSA) is 67.4 Å². The molecule has 1 rings (SSSR count). The summed E-state index contributed by atoms with van der Waals surface area (Å²) < 4.78 is 5.16. The Kier molecular flexibility index (Phi) is 7.87. The fourth-order valence-electron chi connectivity index (χ4n) is 1.73. The second-order valence-corrected chi connectivity index (χ2v) is 6.66. The average molecular weight is 357 g/mol. The molecule has 1 atom stereocenters. The summed E-state index contributed by atoms with van der Waals surface area (Å²) in [5, 5.41) is 5.50. The molecule has 0 bridgehead atoms. The third kappa shape index (κ3) is 7.73. The SMILES string of the molecule is C[Se]C(=O)N[C@H](CC(C)C)NC(=O)OCc1ccccc1. The molecule has 0 spiro atoms. The van der Waals surface area contributed by atoms with E-state index in [0.29, 0.717) is 12.3 Å². The predicted molar refractivity (Wildman–Crippen MR) is 83.2 cm³/mol. The maximum absolute atomic E-state index is 11.8. The number of hydrogen-bond acceptors (Lipinski definition) is 3. The Hall–Kier alpha value is -1.52. The number of carbonyl (C=O) groups is 2. The molecule has 0 saturated heterocycles. The van der Waals surface area contributed by atoms with Gasteiger partial charge in [0.25, 0.3) is 0 Å². The monoisotopic (exact) mass is 358 g/mol. The van der Waals surface area contributed by atoms with Gasteiger partial charge in [-0.05, 0) is 0 Å². The van der Waals surface area contributed by atoms with Gasteiger partial charge in [-0.3, -0.25) is 0 Å². The van der Waals surface area contributed by atoms with E-state index in [1.165, 1.54) is 0 Å². The quantitative estimate of drug-likeness (QED) is 0.582. The van der Waals surface area contributed by atoms with Crippen molar-refractivity contribution in [2.75, 3.05) is 0 Å². The van der Waals surface area contributed by atoms with E-state index in [1.807, 2.05) is 50.0 Å². The Morgan fingerprint density at radius 1 is 1.19 bits per heavy atom. The third-order valence-electron chi connectivity index (χ3n) is 2.69. The van der Waals surface area contributed by atoms with E-state index in [1.54, 1.807) is 0 Å². The van der Waals surface area contributed by atoms with Crippen LogP contribution in [-0.2, 0) is 11.3 Å². The first-order chi connectivity index (χ1) is 10.0. The summed E-state index contributed by atoms with van der Waals surface area (Å²) >= 11 is -0.134. The van der Waals surface area contributed by atoms with Crippen LogP contribution in [0.4, 0.5) is 9.59 Å². The van der Waals surface area contributed by atoms with Crippen molar-refractivity contribution < 1.29 is 14.3 Å². The van der Waals surface area contributed by atoms with Crippen molar-refractivity contribution in [3.05, 3.63) is 35.9 Å². The predicted octanol–water partition coefficient (Wildman–Crippen LogP) is 2.75. The Morgan fingerprint density at radius 3 is 2.43 bits per heavy atom. The van der Waals surface area contributed by atoms with Crippen molar-refractivity contribution in [1.29, 1.82) is 0 Å². The Bertz CT molecular complexity index is 451. The van der Waals surface area contributed by atoms with Crippen molar-refractivity contribution in [3.8, 4) is 0 Å². The number of hydrogen-bond donors (Lipinski definition) is 2. The van der Waals surface area contributed by atoms with Crippen molar-refractivity contribution in [3.63, 3.8) is 0 Å². The molecule has 5 nitrogen and oxygen atoms in total. The molecule has 0 fully saturated rings. The summed E-state index contributed by atoms with van der Waals surface area (Å²) in [6.07, 6.45) is -0.238. The van der Waals surface area contributed by atoms with Crippen molar-refractivity contribution in [2.45, 2.75) is 38.9 Å². The van der Waals surface area contributed by atoms with Crippen molar-refractivity contribution in [2.24, 2.45) is 5.92 Å². The Labute approximate surface area is 132 Å². The number of carbonyl (C=O) groups excluding carboxylic acids is 2. The molecule has 21 heavy (non-hydrogen) atoms. The Morgan fingerprint density at radius 2 is 1.86 bits per heavy atom. The zero-order valence-corrected chi connectivity index (χ0v) is 14.3. The van der Waals surface area contributed by atoms with Gasteiger partial charge in [-0.1, -0.05) is 0 Å². The van der Waals surface area contributed by atoms with Crippen LogP contribution in [0.15, 0.2) is 30.3 Å². The van der Waals surface area contributed by atoms with E-state index in [2.05, 4.69) is 10.6 Å². The molecule has 0 aliphatic heterocycles. The van der Waals surface area contributed by atoms with Crippen molar-refractivity contribution >= 4 is 25.9 Å². The summed E-state index contributed by atoms with van der Waals surface area (Å²) in [5.74, 6) is 2.19. The molecule has 1 aromatic rings. The second-order valence-electron chi connectivity index (χ2n) is 5.02. The van der Waals surface area contributed by atoms with Gasteiger partial charge in [-0.25, -0.2) is 0 Å². The van der Waals surface area contributed by atoms with Gasteiger partial charge >= 0.3 is 131 Å². The summed E-state index contributed by atoms with van der Waals surface area (Å²) in [4.78, 5) is 23.3. The minimum atomic E-state index is -0.520. The molecule has 116 valence electrons. The van der Waals surface area contributed by atoms with Crippen LogP contribution in [0.2, 0.25) is 5.82 Å². The number of alkyl carbamates (subject to hydrolysis) is 1. The van der Waals surface area contributed by atoms with Crippen LogP contribution in [0.25, 0.3) is 0 Å². The molecule has 0 saturated carbocycles. The van der Waals surface area contributed by atoms with Gasteiger partial charge in [0, 0.05) is 0 Å². The van der Waals surface area contributed by atoms with Crippen LogP contribution in [0.3, 0.4) is 0 Å². The number of amides is 2. The van der Waals surface area contributed by atoms with E-state index in [-0.39, 0.29) is 32.5 Å². The molecule has 0 aliphatic carbocycles. The van der Waals surface area contributed by atoms with Crippen LogP contribution < -0.4 is 10.6 Å². The molecule has 0 aromatic heterocycles. The second kappa shape index (κ2) is 9.42. The molecule has 2 N–H and O–H groups in total. The molecule has 0 heterocycles. The normalized spacial score (nSPS) is 11.8. The summed E-state index contributed by atoms with van der Waals surface area (Å²) in [7, 11) is 0. The molecule has 0 radical (unpaired) electrons. The van der Waals surface area contributed by atoms with Gasteiger partial charge in [0.05, 0.1) is 0 Å². The average Bonchev–Trinajstić information content (AvgIpc) is 2.45. The molecular weight excluding hydrogens is 335 g/mol. The number of nitrogens with one attached hydrogen (secondary N) is 2. The molecule has 0 aliphatic rings. The fourth-order valence-corrected chi connectivity index (χ4v) is 2.28. The van der Waals surface area contributed by atoms with E-state index < -0.39 is 6.09 Å². The van der Waals surface area contributed by atoms with E-state index in [0.717, 1.165) is 5.56 Å². The standard InChI is InChI=1S/C15H22N2O3Se/c1-11(2)9-13(17-15(19)21-3)16-14(18)20-10-12-7-5-4-6-8-12/h4-8,11,13H,9-10H2,1-3H3,(H,16,18)(H,17,19)/t13-/m1/s1. The first kappa shape index (κ1) is 17.5. The van der Waals surface area contributed by atoms with Crippen LogP contribution in [0, 0.1) is 5.92 Å². The van der Waals surface area contributed by atoms with Crippen molar-refractivity contribution in [1.82, 2.24) is 10.6 Å². The minimum absolute atomic E-state index is 0.0310. The molecular formula is C15H22N2O3Se. The zero-order valence-electron chi connectivity index (χ0n) is 12.6. The fraction of sp³-hybridized carbons (Fsp3) is 0.467. The van der Waals surface area contributed by atoms with Crippen LogP contribution in [0.5, 0.6) is 0 Å².